The van der Waals surface area contributed by atoms with Crippen LogP contribution in [0.5, 0.6) is 0 Å². The third-order valence-electron chi connectivity index (χ3n) is 4.00. The number of likely N-dealkylation sites (tertiary alicyclic amines) is 1. The van der Waals surface area contributed by atoms with E-state index in [1.807, 2.05) is 6.07 Å². The first kappa shape index (κ1) is 11.5. The molecule has 96 valence electrons. The lowest BCUT2D eigenvalue weighted by atomic mass is 10.2. The SMILES string of the molecule is COC(=O)NC12CC1CN(Cc1ccccc1)C2. The Kier molecular flexibility index (Phi) is 2.74. The Morgan fingerprint density at radius 1 is 1.50 bits per heavy atom. The molecule has 3 rings (SSSR count). The molecule has 0 spiro atoms. The Morgan fingerprint density at radius 3 is 3.00 bits per heavy atom. The van der Waals surface area contributed by atoms with E-state index in [4.69, 9.17) is 0 Å². The maximum absolute atomic E-state index is 11.3. The Morgan fingerprint density at radius 2 is 2.28 bits per heavy atom. The lowest BCUT2D eigenvalue weighted by Crippen LogP contribution is -2.42. The van der Waals surface area contributed by atoms with Crippen molar-refractivity contribution >= 4 is 6.09 Å². The van der Waals surface area contributed by atoms with Crippen molar-refractivity contribution in [1.29, 1.82) is 0 Å². The van der Waals surface area contributed by atoms with Crippen LogP contribution in [0.25, 0.3) is 0 Å². The normalized spacial score (nSPS) is 29.7. The highest BCUT2D eigenvalue weighted by molar-refractivity contribution is 5.69. The van der Waals surface area contributed by atoms with Crippen molar-refractivity contribution < 1.29 is 9.53 Å². The second kappa shape index (κ2) is 4.28. The summed E-state index contributed by atoms with van der Waals surface area (Å²) in [5.74, 6) is 0.598. The molecule has 18 heavy (non-hydrogen) atoms. The molecular formula is C14H18N2O2. The van der Waals surface area contributed by atoms with Gasteiger partial charge in [0.2, 0.25) is 0 Å². The second-order valence-electron chi connectivity index (χ2n) is 5.33. The minimum Gasteiger partial charge on any atom is -0.453 e. The maximum Gasteiger partial charge on any atom is 0.407 e. The molecule has 2 fully saturated rings. The van der Waals surface area contributed by atoms with Gasteiger partial charge in [-0.1, -0.05) is 30.3 Å². The minimum absolute atomic E-state index is 0.0120. The van der Waals surface area contributed by atoms with Gasteiger partial charge in [0.15, 0.2) is 0 Å². The van der Waals surface area contributed by atoms with E-state index in [2.05, 4.69) is 39.2 Å². The van der Waals surface area contributed by atoms with Crippen LogP contribution in [0.3, 0.4) is 0 Å². The van der Waals surface area contributed by atoms with Crippen molar-refractivity contribution in [2.24, 2.45) is 5.92 Å². The molecule has 1 aromatic rings. The third kappa shape index (κ3) is 2.08. The van der Waals surface area contributed by atoms with Crippen LogP contribution in [0.15, 0.2) is 30.3 Å². The molecule has 1 saturated heterocycles. The van der Waals surface area contributed by atoms with Gasteiger partial charge in [-0.3, -0.25) is 4.90 Å². The summed E-state index contributed by atoms with van der Waals surface area (Å²) in [6, 6.07) is 10.4. The summed E-state index contributed by atoms with van der Waals surface area (Å²) in [7, 11) is 1.42. The third-order valence-corrected chi connectivity index (χ3v) is 4.00. The number of carbonyl (C=O) groups excluding carboxylic acids is 1. The van der Waals surface area contributed by atoms with Gasteiger partial charge in [0.25, 0.3) is 0 Å². The van der Waals surface area contributed by atoms with E-state index < -0.39 is 0 Å². The van der Waals surface area contributed by atoms with E-state index in [1.54, 1.807) is 0 Å². The van der Waals surface area contributed by atoms with Crippen LogP contribution in [-0.2, 0) is 11.3 Å². The summed E-state index contributed by atoms with van der Waals surface area (Å²) in [6.07, 6.45) is 0.784. The number of ether oxygens (including phenoxy) is 1. The van der Waals surface area contributed by atoms with Crippen molar-refractivity contribution in [3.63, 3.8) is 0 Å². The Labute approximate surface area is 107 Å². The van der Waals surface area contributed by atoms with Gasteiger partial charge in [0.05, 0.1) is 12.6 Å². The van der Waals surface area contributed by atoms with E-state index in [0.717, 1.165) is 26.1 Å². The van der Waals surface area contributed by atoms with Gasteiger partial charge in [0, 0.05) is 19.6 Å². The first-order valence-corrected chi connectivity index (χ1v) is 6.34. The highest BCUT2D eigenvalue weighted by Gasteiger charge is 2.60. The molecule has 0 bridgehead atoms. The molecule has 2 atom stereocenters. The van der Waals surface area contributed by atoms with Gasteiger partial charge in [0.1, 0.15) is 0 Å². The number of alkyl carbamates (subject to hydrolysis) is 1. The van der Waals surface area contributed by atoms with Crippen molar-refractivity contribution in [2.75, 3.05) is 20.2 Å². The number of piperidine rings is 1. The van der Waals surface area contributed by atoms with E-state index >= 15 is 0 Å². The van der Waals surface area contributed by atoms with Crippen LogP contribution in [0.2, 0.25) is 0 Å². The van der Waals surface area contributed by atoms with Crippen LogP contribution < -0.4 is 5.32 Å². The first-order valence-electron chi connectivity index (χ1n) is 6.34. The number of rotatable bonds is 3. The van der Waals surface area contributed by atoms with E-state index in [-0.39, 0.29) is 11.6 Å². The van der Waals surface area contributed by atoms with Crippen molar-refractivity contribution in [2.45, 2.75) is 18.5 Å². The van der Waals surface area contributed by atoms with Crippen molar-refractivity contribution in [3.05, 3.63) is 35.9 Å². The number of fused-ring (bicyclic) bond motifs is 1. The minimum atomic E-state index is -0.306. The zero-order valence-corrected chi connectivity index (χ0v) is 10.6. The number of amides is 1. The number of methoxy groups -OCH3 is 1. The molecular weight excluding hydrogens is 228 g/mol. The average molecular weight is 246 g/mol. The lowest BCUT2D eigenvalue weighted by molar-refractivity contribution is 0.163. The van der Waals surface area contributed by atoms with Gasteiger partial charge in [-0.2, -0.15) is 0 Å². The van der Waals surface area contributed by atoms with Gasteiger partial charge < -0.3 is 10.1 Å². The summed E-state index contributed by atoms with van der Waals surface area (Å²) in [4.78, 5) is 13.7. The first-order chi connectivity index (χ1) is 8.72. The number of hydrogen-bond donors (Lipinski definition) is 1. The largest absolute Gasteiger partial charge is 0.453 e. The molecule has 1 aromatic carbocycles. The van der Waals surface area contributed by atoms with Gasteiger partial charge in [-0.25, -0.2) is 4.79 Å². The number of nitrogens with zero attached hydrogens (tertiary/aromatic N) is 1. The van der Waals surface area contributed by atoms with Crippen LogP contribution in [0.4, 0.5) is 4.79 Å². The molecule has 1 aliphatic carbocycles. The van der Waals surface area contributed by atoms with Crippen LogP contribution in [-0.4, -0.2) is 36.7 Å². The van der Waals surface area contributed by atoms with E-state index in [0.29, 0.717) is 5.92 Å². The molecule has 1 N–H and O–H groups in total. The number of benzene rings is 1. The number of nitrogens with one attached hydrogen (secondary N) is 1. The van der Waals surface area contributed by atoms with E-state index in [1.165, 1.54) is 12.7 Å². The molecule has 1 heterocycles. The van der Waals surface area contributed by atoms with Gasteiger partial charge in [-0.15, -0.1) is 0 Å². The molecule has 4 nitrogen and oxygen atoms in total. The average Bonchev–Trinajstić information content (AvgIpc) is 2.92. The molecule has 1 amide bonds. The standard InChI is InChI=1S/C14H18N2O2/c1-18-13(17)15-14-7-12(14)9-16(10-14)8-11-5-3-2-4-6-11/h2-6,12H,7-10H2,1H3,(H,15,17). The fraction of sp³-hybridized carbons (Fsp3) is 0.500. The van der Waals surface area contributed by atoms with E-state index in [9.17, 15) is 4.79 Å². The smallest absolute Gasteiger partial charge is 0.407 e. The predicted octanol–water partition coefficient (Wildman–Crippen LogP) is 1.62. The fourth-order valence-corrected chi connectivity index (χ4v) is 3.00. The molecule has 1 saturated carbocycles. The summed E-state index contributed by atoms with van der Waals surface area (Å²) in [5, 5.41) is 2.99. The second-order valence-corrected chi connectivity index (χ2v) is 5.33. The molecule has 2 aliphatic rings. The molecule has 1 aliphatic heterocycles. The Hall–Kier alpha value is -1.55. The van der Waals surface area contributed by atoms with Crippen molar-refractivity contribution in [3.8, 4) is 0 Å². The lowest BCUT2D eigenvalue weighted by Gasteiger charge is -2.21. The summed E-state index contributed by atoms with van der Waals surface area (Å²) < 4.78 is 4.69. The highest BCUT2D eigenvalue weighted by atomic mass is 16.5. The van der Waals surface area contributed by atoms with Gasteiger partial charge >= 0.3 is 6.09 Å². The Balaban J connectivity index is 1.58. The molecule has 0 aromatic heterocycles. The highest BCUT2D eigenvalue weighted by Crippen LogP contribution is 2.49. The van der Waals surface area contributed by atoms with Crippen LogP contribution in [0.1, 0.15) is 12.0 Å². The fourth-order valence-electron chi connectivity index (χ4n) is 3.00. The predicted molar refractivity (Wildman–Crippen MR) is 68.1 cm³/mol. The van der Waals surface area contributed by atoms with Crippen molar-refractivity contribution in [1.82, 2.24) is 10.2 Å². The maximum atomic E-state index is 11.3. The zero-order valence-electron chi connectivity index (χ0n) is 10.6. The van der Waals surface area contributed by atoms with Gasteiger partial charge in [-0.05, 0) is 17.9 Å². The Bertz CT molecular complexity index is 448. The zero-order chi connectivity index (χ0) is 12.6. The molecule has 2 unspecified atom stereocenters. The van der Waals surface area contributed by atoms with Crippen LogP contribution >= 0.6 is 0 Å². The monoisotopic (exact) mass is 246 g/mol. The number of hydrogen-bond acceptors (Lipinski definition) is 3. The summed E-state index contributed by atoms with van der Waals surface area (Å²) in [6.45, 7) is 2.96. The number of carbonyl (C=O) groups is 1. The molecule has 4 heteroatoms. The quantitative estimate of drug-likeness (QED) is 0.881. The topological polar surface area (TPSA) is 41.6 Å². The summed E-state index contributed by atoms with van der Waals surface area (Å²) in [5.41, 5.74) is 1.31. The summed E-state index contributed by atoms with van der Waals surface area (Å²) >= 11 is 0. The molecule has 0 radical (unpaired) electrons. The van der Waals surface area contributed by atoms with Crippen LogP contribution in [0, 0.1) is 5.92 Å².